The van der Waals surface area contributed by atoms with Crippen LogP contribution in [0.2, 0.25) is 0 Å². The molecule has 0 aromatic heterocycles. The van der Waals surface area contributed by atoms with E-state index in [9.17, 15) is 15.3 Å². The van der Waals surface area contributed by atoms with Crippen LogP contribution in [0.5, 0.6) is 0 Å². The van der Waals surface area contributed by atoms with E-state index in [1.54, 1.807) is 0 Å². The van der Waals surface area contributed by atoms with Crippen molar-refractivity contribution >= 4 is 11.8 Å². The van der Waals surface area contributed by atoms with E-state index < -0.39 is 29.9 Å². The summed E-state index contributed by atoms with van der Waals surface area (Å²) in [6, 6.07) is 0. The summed E-state index contributed by atoms with van der Waals surface area (Å²) in [5.41, 5.74) is -0.599. The molecule has 0 aliphatic carbocycles. The largest absolute Gasteiger partial charge is 0.394 e. The lowest BCUT2D eigenvalue weighted by atomic mass is 10.0. The van der Waals surface area contributed by atoms with Crippen LogP contribution < -0.4 is 0 Å². The number of hydrogen-bond acceptors (Lipinski definition) is 6. The highest BCUT2D eigenvalue weighted by atomic mass is 32.2. The van der Waals surface area contributed by atoms with Crippen LogP contribution in [0.1, 0.15) is 13.8 Å². The number of thioether (sulfide) groups is 1. The molecule has 0 aromatic rings. The maximum Gasteiger partial charge on any atom is 0.132 e. The quantitative estimate of drug-likeness (QED) is 0.522. The van der Waals surface area contributed by atoms with Gasteiger partial charge < -0.3 is 25.2 Å². The summed E-state index contributed by atoms with van der Waals surface area (Å²) < 4.78 is 5.33. The molecule has 0 spiro atoms. The normalized spacial score (nSPS) is 40.3. The minimum atomic E-state index is -1.27. The fourth-order valence-electron chi connectivity index (χ4n) is 1.49. The first-order chi connectivity index (χ1) is 7.47. The molecule has 1 heterocycles. The van der Waals surface area contributed by atoms with Crippen molar-refractivity contribution in [2.45, 2.75) is 43.7 Å². The Morgan fingerprint density at radius 2 is 1.75 bits per heavy atom. The molecule has 0 saturated carbocycles. The Morgan fingerprint density at radius 3 is 2.25 bits per heavy atom. The minimum absolute atomic E-state index is 0.371. The molecular formula is C10H20O5S. The second-order valence-electron chi connectivity index (χ2n) is 4.42. The van der Waals surface area contributed by atoms with Gasteiger partial charge in [0.2, 0.25) is 0 Å². The standard InChI is InChI=1S/C10H20O5S/c1-5(2)4-16-10-9(14)8(13)7(12)6(3-11)15-10/h5-14H,3-4H2,1-2H3/t6-,7+,8+,9-,10+/m1/s1. The number of hydrogen-bond donors (Lipinski definition) is 4. The van der Waals surface area contributed by atoms with Gasteiger partial charge in [-0.25, -0.2) is 0 Å². The lowest BCUT2D eigenvalue weighted by molar-refractivity contribution is -0.205. The van der Waals surface area contributed by atoms with E-state index in [0.717, 1.165) is 5.75 Å². The van der Waals surface area contributed by atoms with Crippen LogP contribution in [-0.2, 0) is 4.74 Å². The van der Waals surface area contributed by atoms with Gasteiger partial charge >= 0.3 is 0 Å². The van der Waals surface area contributed by atoms with Crippen molar-refractivity contribution in [3.05, 3.63) is 0 Å². The summed E-state index contributed by atoms with van der Waals surface area (Å²) in [6.07, 6.45) is -4.46. The van der Waals surface area contributed by atoms with Crippen LogP contribution in [0.4, 0.5) is 0 Å². The zero-order valence-electron chi connectivity index (χ0n) is 9.48. The molecule has 0 unspecified atom stereocenters. The van der Waals surface area contributed by atoms with Gasteiger partial charge in [-0.1, -0.05) is 13.8 Å². The predicted molar refractivity (Wildman–Crippen MR) is 61.1 cm³/mol. The summed E-state index contributed by atoms with van der Waals surface area (Å²) in [5.74, 6) is 1.22. The Balaban J connectivity index is 2.56. The van der Waals surface area contributed by atoms with Crippen LogP contribution in [0.25, 0.3) is 0 Å². The molecule has 1 rings (SSSR count). The first-order valence-corrected chi connectivity index (χ1v) is 6.44. The topological polar surface area (TPSA) is 90.2 Å². The van der Waals surface area contributed by atoms with Gasteiger partial charge in [0.25, 0.3) is 0 Å². The fourth-order valence-corrected chi connectivity index (χ4v) is 2.65. The molecule has 1 aliphatic rings. The number of aliphatic hydroxyl groups is 4. The van der Waals surface area contributed by atoms with E-state index in [2.05, 4.69) is 0 Å². The highest BCUT2D eigenvalue weighted by molar-refractivity contribution is 7.99. The van der Waals surface area contributed by atoms with Crippen molar-refractivity contribution in [2.24, 2.45) is 5.92 Å². The van der Waals surface area contributed by atoms with Crippen molar-refractivity contribution in [1.82, 2.24) is 0 Å². The third-order valence-electron chi connectivity index (χ3n) is 2.44. The molecule has 4 N–H and O–H groups in total. The first-order valence-electron chi connectivity index (χ1n) is 5.39. The van der Waals surface area contributed by atoms with Crippen molar-refractivity contribution in [3.63, 3.8) is 0 Å². The van der Waals surface area contributed by atoms with E-state index in [1.165, 1.54) is 11.8 Å². The molecule has 1 saturated heterocycles. The SMILES string of the molecule is CC(C)CS[C@@H]1O[C@H](CO)[C@H](O)[C@H](O)[C@H]1O. The van der Waals surface area contributed by atoms with Gasteiger partial charge in [0, 0.05) is 0 Å². The van der Waals surface area contributed by atoms with Crippen molar-refractivity contribution in [1.29, 1.82) is 0 Å². The zero-order valence-corrected chi connectivity index (χ0v) is 10.3. The van der Waals surface area contributed by atoms with Gasteiger partial charge in [-0.3, -0.25) is 0 Å². The van der Waals surface area contributed by atoms with E-state index in [-0.39, 0.29) is 6.61 Å². The molecule has 1 aliphatic heterocycles. The van der Waals surface area contributed by atoms with Crippen molar-refractivity contribution in [3.8, 4) is 0 Å². The Bertz CT molecular complexity index is 211. The van der Waals surface area contributed by atoms with E-state index in [1.807, 2.05) is 13.8 Å². The maximum absolute atomic E-state index is 9.70. The molecule has 5 nitrogen and oxygen atoms in total. The maximum atomic E-state index is 9.70. The van der Waals surface area contributed by atoms with Crippen LogP contribution in [0.3, 0.4) is 0 Å². The average molecular weight is 252 g/mol. The van der Waals surface area contributed by atoms with Gasteiger partial charge in [-0.2, -0.15) is 0 Å². The monoisotopic (exact) mass is 252 g/mol. The van der Waals surface area contributed by atoms with Gasteiger partial charge in [-0.05, 0) is 11.7 Å². The third kappa shape index (κ3) is 3.32. The molecule has 0 aromatic carbocycles. The predicted octanol–water partition coefficient (Wildman–Crippen LogP) is -0.825. The molecule has 5 atom stereocenters. The number of rotatable bonds is 4. The molecule has 1 fully saturated rings. The van der Waals surface area contributed by atoms with Crippen molar-refractivity contribution in [2.75, 3.05) is 12.4 Å². The van der Waals surface area contributed by atoms with Gasteiger partial charge in [0.05, 0.1) is 6.61 Å². The summed E-state index contributed by atoms with van der Waals surface area (Å²) in [4.78, 5) is 0. The fraction of sp³-hybridized carbons (Fsp3) is 1.00. The Kier molecular flexibility index (Phi) is 5.49. The summed E-state index contributed by atoms with van der Waals surface area (Å²) in [5, 5.41) is 37.7. The van der Waals surface area contributed by atoms with Crippen LogP contribution in [-0.4, -0.2) is 62.6 Å². The van der Waals surface area contributed by atoms with E-state index in [0.29, 0.717) is 5.92 Å². The second-order valence-corrected chi connectivity index (χ2v) is 5.56. The zero-order chi connectivity index (χ0) is 12.3. The molecular weight excluding hydrogens is 232 g/mol. The Morgan fingerprint density at radius 1 is 1.12 bits per heavy atom. The van der Waals surface area contributed by atoms with Crippen LogP contribution in [0, 0.1) is 5.92 Å². The summed E-state index contributed by atoms with van der Waals surface area (Å²) >= 11 is 1.38. The molecule has 0 amide bonds. The first kappa shape index (κ1) is 14.2. The van der Waals surface area contributed by atoms with Crippen LogP contribution in [0.15, 0.2) is 0 Å². The Labute approximate surface area is 99.4 Å². The third-order valence-corrected chi connectivity index (χ3v) is 4.02. The molecule has 0 radical (unpaired) electrons. The number of aliphatic hydroxyl groups excluding tert-OH is 4. The number of ether oxygens (including phenoxy) is 1. The minimum Gasteiger partial charge on any atom is -0.394 e. The van der Waals surface area contributed by atoms with Gasteiger partial charge in [-0.15, -0.1) is 11.8 Å². The molecule has 96 valence electrons. The highest BCUT2D eigenvalue weighted by Crippen LogP contribution is 2.29. The van der Waals surface area contributed by atoms with E-state index >= 15 is 0 Å². The molecule has 16 heavy (non-hydrogen) atoms. The Hall–Kier alpha value is 0.150. The smallest absolute Gasteiger partial charge is 0.132 e. The lowest BCUT2D eigenvalue weighted by Gasteiger charge is -2.39. The van der Waals surface area contributed by atoms with Gasteiger partial charge in [0.15, 0.2) is 0 Å². The summed E-state index contributed by atoms with van der Waals surface area (Å²) in [7, 11) is 0. The van der Waals surface area contributed by atoms with Crippen molar-refractivity contribution < 1.29 is 25.2 Å². The van der Waals surface area contributed by atoms with E-state index in [4.69, 9.17) is 9.84 Å². The lowest BCUT2D eigenvalue weighted by Crippen LogP contribution is -2.57. The van der Waals surface area contributed by atoms with Crippen LogP contribution >= 0.6 is 11.8 Å². The molecule has 0 bridgehead atoms. The highest BCUT2D eigenvalue weighted by Gasteiger charge is 2.43. The second kappa shape index (κ2) is 6.18. The average Bonchev–Trinajstić information content (AvgIpc) is 2.25. The molecule has 6 heteroatoms. The summed E-state index contributed by atoms with van der Waals surface area (Å²) in [6.45, 7) is 3.71. The van der Waals surface area contributed by atoms with Gasteiger partial charge in [0.1, 0.15) is 29.9 Å².